The molecular weight excluding hydrogens is 184 g/mol. The molecule has 2 heteroatoms. The van der Waals surface area contributed by atoms with Crippen LogP contribution in [-0.4, -0.2) is 49.6 Å². The summed E-state index contributed by atoms with van der Waals surface area (Å²) in [6.45, 7) is 14.7. The van der Waals surface area contributed by atoms with Gasteiger partial charge in [0.1, 0.15) is 0 Å². The Hall–Kier alpha value is -0.0800. The van der Waals surface area contributed by atoms with E-state index in [2.05, 4.69) is 44.7 Å². The second kappa shape index (κ2) is 6.49. The first-order valence-electron chi connectivity index (χ1n) is 6.30. The van der Waals surface area contributed by atoms with Crippen LogP contribution in [0.1, 0.15) is 41.0 Å². The zero-order chi connectivity index (χ0) is 12.1. The monoisotopic (exact) mass is 214 g/mol. The maximum Gasteiger partial charge on any atom is 0.0268 e. The largest absolute Gasteiger partial charge is 0.305 e. The van der Waals surface area contributed by atoms with Gasteiger partial charge in [-0.1, -0.05) is 34.6 Å². The third-order valence-corrected chi connectivity index (χ3v) is 3.07. The van der Waals surface area contributed by atoms with E-state index in [-0.39, 0.29) is 0 Å². The zero-order valence-corrected chi connectivity index (χ0v) is 11.8. The highest BCUT2D eigenvalue weighted by atomic mass is 15.2. The van der Waals surface area contributed by atoms with Crippen molar-refractivity contribution in [2.75, 3.05) is 33.7 Å². The van der Waals surface area contributed by atoms with Gasteiger partial charge in [-0.25, -0.2) is 0 Å². The van der Waals surface area contributed by atoms with Crippen LogP contribution in [-0.2, 0) is 0 Å². The molecule has 92 valence electrons. The molecule has 0 aromatic heterocycles. The van der Waals surface area contributed by atoms with E-state index in [0.29, 0.717) is 11.5 Å². The fourth-order valence-corrected chi connectivity index (χ4v) is 2.21. The van der Waals surface area contributed by atoms with Crippen LogP contribution in [0.4, 0.5) is 0 Å². The van der Waals surface area contributed by atoms with Crippen molar-refractivity contribution in [3.8, 4) is 0 Å². The zero-order valence-electron chi connectivity index (χ0n) is 11.8. The number of hydrogen-bond acceptors (Lipinski definition) is 2. The summed E-state index contributed by atoms with van der Waals surface area (Å²) in [7, 11) is 4.49. The maximum absolute atomic E-state index is 2.52. The summed E-state index contributed by atoms with van der Waals surface area (Å²) in [4.78, 5) is 4.98. The molecule has 1 aliphatic rings. The minimum atomic E-state index is 0.396. The lowest BCUT2D eigenvalue weighted by atomic mass is 9.85. The Morgan fingerprint density at radius 1 is 1.00 bits per heavy atom. The number of rotatable bonds is 0. The van der Waals surface area contributed by atoms with E-state index in [1.54, 1.807) is 0 Å². The summed E-state index contributed by atoms with van der Waals surface area (Å²) in [6, 6.07) is 0.694. The summed E-state index contributed by atoms with van der Waals surface area (Å²) in [5.41, 5.74) is 0.396. The summed E-state index contributed by atoms with van der Waals surface area (Å²) < 4.78 is 0. The van der Waals surface area contributed by atoms with E-state index in [0.717, 1.165) is 0 Å². The van der Waals surface area contributed by atoms with Gasteiger partial charge >= 0.3 is 0 Å². The average molecular weight is 214 g/mol. The molecule has 0 saturated carbocycles. The molecular formula is C13H30N2. The van der Waals surface area contributed by atoms with E-state index in [4.69, 9.17) is 0 Å². The van der Waals surface area contributed by atoms with Gasteiger partial charge in [0.25, 0.3) is 0 Å². The van der Waals surface area contributed by atoms with Crippen LogP contribution in [0.15, 0.2) is 0 Å². The van der Waals surface area contributed by atoms with Gasteiger partial charge in [-0.05, 0) is 39.0 Å². The highest BCUT2D eigenvalue weighted by molar-refractivity contribution is 4.85. The SMILES string of the molecule is CC.CN1CCCN(C)C(C(C)(C)C)C1. The molecule has 15 heavy (non-hydrogen) atoms. The molecule has 0 aromatic carbocycles. The molecule has 1 saturated heterocycles. The standard InChI is InChI=1S/C11H24N2.C2H6/c1-11(2,3)10-9-12(4)7-6-8-13(10)5;1-2/h10H,6-9H2,1-5H3;1-2H3. The van der Waals surface area contributed by atoms with Crippen LogP contribution in [0.25, 0.3) is 0 Å². The molecule has 1 atom stereocenters. The predicted molar refractivity (Wildman–Crippen MR) is 69.3 cm³/mol. The molecule has 0 N–H and O–H groups in total. The summed E-state index contributed by atoms with van der Waals surface area (Å²) >= 11 is 0. The first kappa shape index (κ1) is 14.9. The van der Waals surface area contributed by atoms with Crippen molar-refractivity contribution in [3.05, 3.63) is 0 Å². The summed E-state index contributed by atoms with van der Waals surface area (Å²) in [6.07, 6.45) is 1.31. The molecule has 0 bridgehead atoms. The van der Waals surface area contributed by atoms with Gasteiger partial charge in [-0.2, -0.15) is 0 Å². The van der Waals surface area contributed by atoms with Crippen LogP contribution in [0.2, 0.25) is 0 Å². The fourth-order valence-electron chi connectivity index (χ4n) is 2.21. The number of hydrogen-bond donors (Lipinski definition) is 0. The van der Waals surface area contributed by atoms with Crippen molar-refractivity contribution in [2.24, 2.45) is 5.41 Å². The van der Waals surface area contributed by atoms with Crippen molar-refractivity contribution >= 4 is 0 Å². The fraction of sp³-hybridized carbons (Fsp3) is 1.00. The number of nitrogens with zero attached hydrogens (tertiary/aromatic N) is 2. The first-order valence-corrected chi connectivity index (χ1v) is 6.30. The van der Waals surface area contributed by atoms with Crippen molar-refractivity contribution in [1.29, 1.82) is 0 Å². The van der Waals surface area contributed by atoms with E-state index in [1.165, 1.54) is 26.1 Å². The van der Waals surface area contributed by atoms with Gasteiger partial charge < -0.3 is 9.80 Å². The Kier molecular flexibility index (Phi) is 6.46. The van der Waals surface area contributed by atoms with Crippen molar-refractivity contribution in [1.82, 2.24) is 9.80 Å². The minimum Gasteiger partial charge on any atom is -0.305 e. The second-order valence-electron chi connectivity index (χ2n) is 5.48. The molecule has 0 aliphatic carbocycles. The molecule has 1 aliphatic heterocycles. The molecule has 0 amide bonds. The van der Waals surface area contributed by atoms with Crippen LogP contribution in [0, 0.1) is 5.41 Å². The molecule has 1 rings (SSSR count). The molecule has 1 unspecified atom stereocenters. The lowest BCUT2D eigenvalue weighted by Crippen LogP contribution is -2.46. The van der Waals surface area contributed by atoms with Crippen molar-refractivity contribution in [2.45, 2.75) is 47.1 Å². The quantitative estimate of drug-likeness (QED) is 0.612. The van der Waals surface area contributed by atoms with Gasteiger partial charge in [-0.3, -0.25) is 0 Å². The van der Waals surface area contributed by atoms with Crippen molar-refractivity contribution < 1.29 is 0 Å². The highest BCUT2D eigenvalue weighted by Crippen LogP contribution is 2.25. The topological polar surface area (TPSA) is 6.48 Å². The molecule has 0 spiro atoms. The number of likely N-dealkylation sites (N-methyl/N-ethyl adjacent to an activating group) is 2. The van der Waals surface area contributed by atoms with E-state index in [1.807, 2.05) is 13.8 Å². The Morgan fingerprint density at radius 3 is 2.00 bits per heavy atom. The average Bonchev–Trinajstić information content (AvgIpc) is 2.30. The van der Waals surface area contributed by atoms with E-state index >= 15 is 0 Å². The first-order chi connectivity index (χ1) is 6.91. The normalized spacial score (nSPS) is 25.4. The molecule has 1 heterocycles. The molecule has 0 aromatic rings. The van der Waals surface area contributed by atoms with Gasteiger partial charge in [0.15, 0.2) is 0 Å². The van der Waals surface area contributed by atoms with Gasteiger partial charge in [0.2, 0.25) is 0 Å². The van der Waals surface area contributed by atoms with Crippen LogP contribution in [0.5, 0.6) is 0 Å². The van der Waals surface area contributed by atoms with E-state index in [9.17, 15) is 0 Å². The van der Waals surface area contributed by atoms with Crippen molar-refractivity contribution in [3.63, 3.8) is 0 Å². The van der Waals surface area contributed by atoms with E-state index < -0.39 is 0 Å². The predicted octanol–water partition coefficient (Wildman–Crippen LogP) is 2.69. The Bertz CT molecular complexity index is 160. The van der Waals surface area contributed by atoms with Crippen LogP contribution >= 0.6 is 0 Å². The highest BCUT2D eigenvalue weighted by Gasteiger charge is 2.30. The smallest absolute Gasteiger partial charge is 0.0268 e. The summed E-state index contributed by atoms with van der Waals surface area (Å²) in [5, 5.41) is 0. The summed E-state index contributed by atoms with van der Waals surface area (Å²) in [5.74, 6) is 0. The second-order valence-corrected chi connectivity index (χ2v) is 5.48. The third kappa shape index (κ3) is 4.98. The lowest BCUT2D eigenvalue weighted by Gasteiger charge is -2.38. The third-order valence-electron chi connectivity index (χ3n) is 3.07. The maximum atomic E-state index is 2.52. The molecule has 0 radical (unpaired) electrons. The molecule has 1 fully saturated rings. The lowest BCUT2D eigenvalue weighted by molar-refractivity contribution is 0.116. The Balaban J connectivity index is 0.000000921. The van der Waals surface area contributed by atoms with Crippen LogP contribution in [0.3, 0.4) is 0 Å². The van der Waals surface area contributed by atoms with Gasteiger partial charge in [0, 0.05) is 12.6 Å². The van der Waals surface area contributed by atoms with Crippen LogP contribution < -0.4 is 0 Å². The minimum absolute atomic E-state index is 0.396. The Morgan fingerprint density at radius 2 is 1.53 bits per heavy atom. The molecule has 2 nitrogen and oxygen atoms in total. The van der Waals surface area contributed by atoms with Gasteiger partial charge in [-0.15, -0.1) is 0 Å². The van der Waals surface area contributed by atoms with Gasteiger partial charge in [0.05, 0.1) is 0 Å². The Labute approximate surface area is 96.6 Å².